The summed E-state index contributed by atoms with van der Waals surface area (Å²) < 4.78 is 9.64. The summed E-state index contributed by atoms with van der Waals surface area (Å²) in [7, 11) is 6.69. The maximum atomic E-state index is 4.82. The van der Waals surface area contributed by atoms with E-state index in [9.17, 15) is 0 Å². The summed E-state index contributed by atoms with van der Waals surface area (Å²) in [5, 5.41) is 5.11. The van der Waals surface area contributed by atoms with E-state index >= 15 is 0 Å². The Hall–Kier alpha value is 0.944. The van der Waals surface area contributed by atoms with E-state index in [4.69, 9.17) is 9.47 Å². The molecule has 0 aromatic carbocycles. The SMILES string of the molecule is [CH2-]NCOCOCN[CH2-].[Y]. The third-order valence-corrected chi connectivity index (χ3v) is 0.575. The van der Waals surface area contributed by atoms with E-state index in [1.165, 1.54) is 0 Å². The van der Waals surface area contributed by atoms with Crippen LogP contribution >= 0.6 is 0 Å². The molecule has 0 aromatic heterocycles. The second kappa shape index (κ2) is 12.6. The van der Waals surface area contributed by atoms with Gasteiger partial charge in [-0.3, -0.25) is 14.1 Å². The van der Waals surface area contributed by atoms with Crippen molar-refractivity contribution >= 4 is 0 Å². The normalized spacial score (nSPS) is 9.00. The van der Waals surface area contributed by atoms with Crippen molar-refractivity contribution in [2.24, 2.45) is 0 Å². The Morgan fingerprint density at radius 2 is 1.40 bits per heavy atom. The summed E-state index contributed by atoms with van der Waals surface area (Å²) in [5.41, 5.74) is 0. The molecule has 2 N–H and O–H groups in total. The minimum Gasteiger partial charge on any atom is -0.451 e. The molecule has 0 aliphatic rings. The second-order valence-electron chi connectivity index (χ2n) is 1.31. The molecule has 5 heteroatoms. The third kappa shape index (κ3) is 11.7. The van der Waals surface area contributed by atoms with Crippen LogP contribution in [0.1, 0.15) is 0 Å². The van der Waals surface area contributed by atoms with Gasteiger partial charge in [0.15, 0.2) is 0 Å². The van der Waals surface area contributed by atoms with Gasteiger partial charge in [-0.25, -0.2) is 0 Å². The van der Waals surface area contributed by atoms with Crippen LogP contribution in [0.3, 0.4) is 0 Å². The summed E-state index contributed by atoms with van der Waals surface area (Å²) in [6, 6.07) is 0. The molecule has 0 aromatic rings. The van der Waals surface area contributed by atoms with E-state index in [2.05, 4.69) is 24.7 Å². The van der Waals surface area contributed by atoms with Crippen LogP contribution in [-0.2, 0) is 42.2 Å². The number of hydrogen-bond acceptors (Lipinski definition) is 4. The Kier molecular flexibility index (Phi) is 17.1. The summed E-state index contributed by atoms with van der Waals surface area (Å²) >= 11 is 0. The van der Waals surface area contributed by atoms with Gasteiger partial charge in [-0.05, 0) is 0 Å². The molecule has 0 saturated carbocycles. The van der Waals surface area contributed by atoms with Crippen molar-refractivity contribution < 1.29 is 42.2 Å². The number of nitrogens with one attached hydrogen (secondary N) is 2. The molecule has 0 bridgehead atoms. The van der Waals surface area contributed by atoms with Crippen LogP contribution in [0.25, 0.3) is 0 Å². The zero-order valence-corrected chi connectivity index (χ0v) is 8.77. The van der Waals surface area contributed by atoms with E-state index in [1.807, 2.05) is 0 Å². The molecule has 0 aliphatic heterocycles. The van der Waals surface area contributed by atoms with Gasteiger partial charge in [-0.15, -0.1) is 0 Å². The van der Waals surface area contributed by atoms with Crippen LogP contribution in [0.4, 0.5) is 0 Å². The molecule has 4 nitrogen and oxygen atoms in total. The van der Waals surface area contributed by atoms with Crippen molar-refractivity contribution in [3.63, 3.8) is 0 Å². The van der Waals surface area contributed by atoms with Gasteiger partial charge in [0.2, 0.25) is 0 Å². The molecule has 0 heterocycles. The standard InChI is InChI=1S/C5H12N2O2.Y/c1-6-3-8-5-9-4-7-2;/h6-7H,1-5H2;/q-2;. The fourth-order valence-corrected chi connectivity index (χ4v) is 0.287. The molecular weight excluding hydrogens is 209 g/mol. The molecular formula is C5H12N2O2Y-2. The van der Waals surface area contributed by atoms with Crippen molar-refractivity contribution in [1.82, 2.24) is 10.6 Å². The zero-order chi connectivity index (χ0) is 6.95. The smallest absolute Gasteiger partial charge is 0.150 e. The van der Waals surface area contributed by atoms with E-state index in [-0.39, 0.29) is 39.5 Å². The first-order valence-corrected chi connectivity index (χ1v) is 2.57. The summed E-state index contributed by atoms with van der Waals surface area (Å²) in [5.74, 6) is 0. The largest absolute Gasteiger partial charge is 0.451 e. The Balaban J connectivity index is 0. The molecule has 0 unspecified atom stereocenters. The molecule has 0 spiro atoms. The quantitative estimate of drug-likeness (QED) is 0.365. The predicted molar refractivity (Wildman–Crippen MR) is 33.8 cm³/mol. The number of hydrogen-bond donors (Lipinski definition) is 2. The van der Waals surface area contributed by atoms with Crippen LogP contribution in [0.15, 0.2) is 0 Å². The van der Waals surface area contributed by atoms with Gasteiger partial charge in [-0.1, -0.05) is 0 Å². The van der Waals surface area contributed by atoms with Crippen LogP contribution in [-0.4, -0.2) is 20.3 Å². The molecule has 0 fully saturated rings. The monoisotopic (exact) mass is 221 g/mol. The van der Waals surface area contributed by atoms with Crippen molar-refractivity contribution in [3.8, 4) is 0 Å². The van der Waals surface area contributed by atoms with Crippen molar-refractivity contribution in [1.29, 1.82) is 0 Å². The van der Waals surface area contributed by atoms with Gasteiger partial charge in [0, 0.05) is 32.7 Å². The third-order valence-electron chi connectivity index (χ3n) is 0.575. The van der Waals surface area contributed by atoms with Crippen LogP contribution in [0, 0.1) is 14.1 Å². The average molecular weight is 221 g/mol. The van der Waals surface area contributed by atoms with Gasteiger partial charge >= 0.3 is 0 Å². The molecule has 0 amide bonds. The minimum atomic E-state index is 0. The predicted octanol–water partition coefficient (Wildman–Crippen LogP) is -0.348. The molecule has 0 atom stereocenters. The van der Waals surface area contributed by atoms with Crippen molar-refractivity contribution in [3.05, 3.63) is 14.1 Å². The minimum absolute atomic E-state index is 0. The van der Waals surface area contributed by atoms with Gasteiger partial charge in [0.25, 0.3) is 0 Å². The average Bonchev–Trinajstić information content (AvgIpc) is 1.89. The molecule has 1 radical (unpaired) electrons. The molecule has 59 valence electrons. The Morgan fingerprint density at radius 3 is 1.70 bits per heavy atom. The van der Waals surface area contributed by atoms with E-state index in [0.717, 1.165) is 0 Å². The van der Waals surface area contributed by atoms with Crippen LogP contribution < -0.4 is 10.6 Å². The first-order valence-electron chi connectivity index (χ1n) is 2.57. The van der Waals surface area contributed by atoms with Gasteiger partial charge in [0.05, 0.1) is 13.5 Å². The first kappa shape index (κ1) is 13.5. The van der Waals surface area contributed by atoms with E-state index in [0.29, 0.717) is 13.5 Å². The second-order valence-corrected chi connectivity index (χ2v) is 1.31. The van der Waals surface area contributed by atoms with Gasteiger partial charge in [0.1, 0.15) is 6.79 Å². The Bertz CT molecular complexity index is 50.9. The van der Waals surface area contributed by atoms with E-state index in [1.54, 1.807) is 0 Å². The molecule has 0 rings (SSSR count). The molecule has 0 saturated heterocycles. The summed E-state index contributed by atoms with van der Waals surface area (Å²) in [4.78, 5) is 0. The fourth-order valence-electron chi connectivity index (χ4n) is 0.287. The topological polar surface area (TPSA) is 42.5 Å². The maximum Gasteiger partial charge on any atom is 0.150 e. The summed E-state index contributed by atoms with van der Waals surface area (Å²) in [6.07, 6.45) is 0. The van der Waals surface area contributed by atoms with Crippen LogP contribution in [0.2, 0.25) is 0 Å². The number of ether oxygens (including phenoxy) is 2. The summed E-state index contributed by atoms with van der Waals surface area (Å²) in [6.45, 7) is 1.05. The van der Waals surface area contributed by atoms with Gasteiger partial charge in [-0.2, -0.15) is 0 Å². The van der Waals surface area contributed by atoms with Crippen molar-refractivity contribution in [2.45, 2.75) is 0 Å². The van der Waals surface area contributed by atoms with E-state index < -0.39 is 0 Å². The Morgan fingerprint density at radius 1 is 1.00 bits per heavy atom. The molecule has 0 aliphatic carbocycles. The zero-order valence-electron chi connectivity index (χ0n) is 5.93. The Labute approximate surface area is 86.9 Å². The maximum absolute atomic E-state index is 4.82. The molecule has 10 heavy (non-hydrogen) atoms. The van der Waals surface area contributed by atoms with Crippen molar-refractivity contribution in [2.75, 3.05) is 20.3 Å². The van der Waals surface area contributed by atoms with Crippen LogP contribution in [0.5, 0.6) is 0 Å². The fraction of sp³-hybridized carbons (Fsp3) is 0.600. The first-order chi connectivity index (χ1) is 4.41. The van der Waals surface area contributed by atoms with Gasteiger partial charge < -0.3 is 20.1 Å². The number of rotatable bonds is 6.